The van der Waals surface area contributed by atoms with Crippen LogP contribution in [0.1, 0.15) is 45.1 Å². The molecule has 1 aliphatic rings. The van der Waals surface area contributed by atoms with Crippen molar-refractivity contribution < 1.29 is 0 Å². The first-order chi connectivity index (χ1) is 8.07. The Morgan fingerprint density at radius 1 is 1.41 bits per heavy atom. The summed E-state index contributed by atoms with van der Waals surface area (Å²) in [6, 6.07) is 4.42. The predicted octanol–water partition coefficient (Wildman–Crippen LogP) is 3.17. The van der Waals surface area contributed by atoms with E-state index in [4.69, 9.17) is 5.73 Å². The van der Waals surface area contributed by atoms with Crippen LogP contribution >= 0.6 is 0 Å². The Morgan fingerprint density at radius 3 is 2.71 bits per heavy atom. The molecular weight excluding hydrogens is 208 g/mol. The lowest BCUT2D eigenvalue weighted by Gasteiger charge is -2.36. The molecule has 0 bridgehead atoms. The van der Waals surface area contributed by atoms with E-state index in [9.17, 15) is 0 Å². The zero-order valence-corrected chi connectivity index (χ0v) is 11.0. The van der Waals surface area contributed by atoms with Gasteiger partial charge in [-0.1, -0.05) is 19.9 Å². The summed E-state index contributed by atoms with van der Waals surface area (Å²) in [5.74, 6) is 0.697. The molecule has 0 radical (unpaired) electrons. The van der Waals surface area contributed by atoms with E-state index in [1.165, 1.54) is 31.2 Å². The SMILES string of the molecule is CC1(C)CCC(C(N)Cc2cccnc2)CC1. The molecule has 0 aromatic carbocycles. The lowest BCUT2D eigenvalue weighted by Crippen LogP contribution is -2.36. The van der Waals surface area contributed by atoms with Gasteiger partial charge in [0.15, 0.2) is 0 Å². The number of hydrogen-bond donors (Lipinski definition) is 1. The minimum Gasteiger partial charge on any atom is -0.327 e. The lowest BCUT2D eigenvalue weighted by molar-refractivity contribution is 0.173. The van der Waals surface area contributed by atoms with Gasteiger partial charge in [0.25, 0.3) is 0 Å². The molecule has 2 N–H and O–H groups in total. The van der Waals surface area contributed by atoms with E-state index in [0.29, 0.717) is 17.4 Å². The van der Waals surface area contributed by atoms with Crippen molar-refractivity contribution in [1.29, 1.82) is 0 Å². The van der Waals surface area contributed by atoms with Crippen LogP contribution in [-0.4, -0.2) is 11.0 Å². The highest BCUT2D eigenvalue weighted by Gasteiger charge is 2.29. The van der Waals surface area contributed by atoms with E-state index in [1.54, 1.807) is 0 Å². The zero-order chi connectivity index (χ0) is 12.3. The topological polar surface area (TPSA) is 38.9 Å². The fourth-order valence-corrected chi connectivity index (χ4v) is 2.81. The third-order valence-electron chi connectivity index (χ3n) is 4.18. The van der Waals surface area contributed by atoms with E-state index in [1.807, 2.05) is 18.5 Å². The van der Waals surface area contributed by atoms with Crippen LogP contribution in [0.5, 0.6) is 0 Å². The van der Waals surface area contributed by atoms with Gasteiger partial charge in [-0.25, -0.2) is 0 Å². The van der Waals surface area contributed by atoms with Crippen LogP contribution in [-0.2, 0) is 6.42 Å². The molecule has 94 valence electrons. The number of rotatable bonds is 3. The van der Waals surface area contributed by atoms with Gasteiger partial charge in [0, 0.05) is 18.4 Å². The maximum absolute atomic E-state index is 6.34. The summed E-state index contributed by atoms with van der Waals surface area (Å²) in [5, 5.41) is 0. The highest BCUT2D eigenvalue weighted by molar-refractivity contribution is 5.10. The Hall–Kier alpha value is -0.890. The highest BCUT2D eigenvalue weighted by atomic mass is 14.7. The summed E-state index contributed by atoms with van der Waals surface area (Å²) in [6.45, 7) is 4.74. The largest absolute Gasteiger partial charge is 0.327 e. The molecule has 17 heavy (non-hydrogen) atoms. The van der Waals surface area contributed by atoms with Gasteiger partial charge in [-0.15, -0.1) is 0 Å². The van der Waals surface area contributed by atoms with Crippen molar-refractivity contribution in [3.63, 3.8) is 0 Å². The molecule has 1 saturated carbocycles. The predicted molar refractivity (Wildman–Crippen MR) is 71.7 cm³/mol. The van der Waals surface area contributed by atoms with Crippen LogP contribution in [0.25, 0.3) is 0 Å². The van der Waals surface area contributed by atoms with Gasteiger partial charge in [-0.2, -0.15) is 0 Å². The number of nitrogens with two attached hydrogens (primary N) is 1. The molecule has 2 rings (SSSR count). The molecule has 1 heterocycles. The van der Waals surface area contributed by atoms with Gasteiger partial charge in [0.1, 0.15) is 0 Å². The van der Waals surface area contributed by atoms with Crippen molar-refractivity contribution >= 4 is 0 Å². The molecule has 2 heteroatoms. The van der Waals surface area contributed by atoms with Crippen LogP contribution in [0, 0.1) is 11.3 Å². The maximum Gasteiger partial charge on any atom is 0.0300 e. The molecular formula is C15H24N2. The molecule has 0 saturated heterocycles. The number of pyridine rings is 1. The normalized spacial score (nSPS) is 22.3. The second-order valence-corrected chi connectivity index (χ2v) is 6.23. The fraction of sp³-hybridized carbons (Fsp3) is 0.667. The zero-order valence-electron chi connectivity index (χ0n) is 11.0. The van der Waals surface area contributed by atoms with Crippen LogP contribution in [0.4, 0.5) is 0 Å². The Kier molecular flexibility index (Phi) is 3.82. The minimum atomic E-state index is 0.301. The molecule has 0 spiro atoms. The smallest absolute Gasteiger partial charge is 0.0300 e. The van der Waals surface area contributed by atoms with E-state index < -0.39 is 0 Å². The van der Waals surface area contributed by atoms with Gasteiger partial charge in [-0.05, 0) is 55.1 Å². The molecule has 1 aromatic heterocycles. The molecule has 0 aliphatic heterocycles. The number of nitrogens with zero attached hydrogens (tertiary/aromatic N) is 1. The van der Waals surface area contributed by atoms with E-state index in [0.717, 1.165) is 6.42 Å². The molecule has 0 amide bonds. The van der Waals surface area contributed by atoms with Crippen LogP contribution in [0.15, 0.2) is 24.5 Å². The first-order valence-corrected chi connectivity index (χ1v) is 6.71. The minimum absolute atomic E-state index is 0.301. The second-order valence-electron chi connectivity index (χ2n) is 6.23. The third kappa shape index (κ3) is 3.53. The summed E-state index contributed by atoms with van der Waals surface area (Å²) in [7, 11) is 0. The summed E-state index contributed by atoms with van der Waals surface area (Å²) in [6.07, 6.45) is 9.93. The number of hydrogen-bond acceptors (Lipinski definition) is 2. The van der Waals surface area contributed by atoms with Gasteiger partial charge in [0.2, 0.25) is 0 Å². The monoisotopic (exact) mass is 232 g/mol. The summed E-state index contributed by atoms with van der Waals surface area (Å²) in [4.78, 5) is 4.15. The van der Waals surface area contributed by atoms with Crippen molar-refractivity contribution in [2.75, 3.05) is 0 Å². The van der Waals surface area contributed by atoms with E-state index in [2.05, 4.69) is 24.9 Å². The lowest BCUT2D eigenvalue weighted by atomic mass is 9.70. The summed E-state index contributed by atoms with van der Waals surface area (Å²) in [5.41, 5.74) is 8.14. The second kappa shape index (κ2) is 5.18. The molecule has 1 aromatic rings. The van der Waals surface area contributed by atoms with Crippen molar-refractivity contribution in [1.82, 2.24) is 4.98 Å². The van der Waals surface area contributed by atoms with E-state index in [-0.39, 0.29) is 0 Å². The van der Waals surface area contributed by atoms with E-state index >= 15 is 0 Å². The Balaban J connectivity index is 1.87. The van der Waals surface area contributed by atoms with Crippen molar-refractivity contribution in [3.8, 4) is 0 Å². The number of aromatic nitrogens is 1. The first-order valence-electron chi connectivity index (χ1n) is 6.71. The van der Waals surface area contributed by atoms with Crippen molar-refractivity contribution in [2.24, 2.45) is 17.1 Å². The molecule has 1 unspecified atom stereocenters. The van der Waals surface area contributed by atoms with Crippen molar-refractivity contribution in [2.45, 2.75) is 52.0 Å². The van der Waals surface area contributed by atoms with Crippen LogP contribution in [0.3, 0.4) is 0 Å². The Morgan fingerprint density at radius 2 is 2.12 bits per heavy atom. The first kappa shape index (κ1) is 12.6. The van der Waals surface area contributed by atoms with Gasteiger partial charge < -0.3 is 5.73 Å². The summed E-state index contributed by atoms with van der Waals surface area (Å²) >= 11 is 0. The molecule has 2 nitrogen and oxygen atoms in total. The van der Waals surface area contributed by atoms with Crippen molar-refractivity contribution in [3.05, 3.63) is 30.1 Å². The average molecular weight is 232 g/mol. The van der Waals surface area contributed by atoms with Crippen LogP contribution < -0.4 is 5.73 Å². The molecule has 1 atom stereocenters. The fourth-order valence-electron chi connectivity index (χ4n) is 2.81. The standard InChI is InChI=1S/C15H24N2/c1-15(2)7-5-13(6-8-15)14(16)10-12-4-3-9-17-11-12/h3-4,9,11,13-14H,5-8,10,16H2,1-2H3. The highest BCUT2D eigenvalue weighted by Crippen LogP contribution is 2.39. The Bertz CT molecular complexity index is 335. The third-order valence-corrected chi connectivity index (χ3v) is 4.18. The van der Waals surface area contributed by atoms with Gasteiger partial charge >= 0.3 is 0 Å². The average Bonchev–Trinajstić information content (AvgIpc) is 2.30. The molecule has 1 fully saturated rings. The quantitative estimate of drug-likeness (QED) is 0.869. The van der Waals surface area contributed by atoms with Gasteiger partial charge in [-0.3, -0.25) is 4.98 Å². The van der Waals surface area contributed by atoms with Crippen LogP contribution in [0.2, 0.25) is 0 Å². The summed E-state index contributed by atoms with van der Waals surface area (Å²) < 4.78 is 0. The maximum atomic E-state index is 6.34. The van der Waals surface area contributed by atoms with Gasteiger partial charge in [0.05, 0.1) is 0 Å². The Labute approximate surface area is 105 Å². The molecule has 1 aliphatic carbocycles.